The number of benzene rings is 1. The Morgan fingerprint density at radius 2 is 2.20 bits per heavy atom. The zero-order valence-corrected chi connectivity index (χ0v) is 9.03. The molecule has 76 valence electrons. The number of thiazole rings is 1. The van der Waals surface area contributed by atoms with Crippen molar-refractivity contribution in [3.05, 3.63) is 40.9 Å². The lowest BCUT2D eigenvalue weighted by Gasteiger charge is -1.95. The van der Waals surface area contributed by atoms with Crippen LogP contribution in [0.15, 0.2) is 34.6 Å². The highest BCUT2D eigenvalue weighted by Crippen LogP contribution is 2.19. The molecule has 4 heteroatoms. The fraction of sp³-hybridized carbons (Fsp3) is 0.0909. The van der Waals surface area contributed by atoms with E-state index in [1.165, 1.54) is 11.3 Å². The predicted octanol–water partition coefficient (Wildman–Crippen LogP) is 2.91. The Morgan fingerprint density at radius 3 is 2.87 bits per heavy atom. The Balaban J connectivity index is 2.22. The predicted molar refractivity (Wildman–Crippen MR) is 62.2 cm³/mol. The SMILES string of the molecule is Cc1csc(N=Cc2ccccc2O)n1. The summed E-state index contributed by atoms with van der Waals surface area (Å²) in [7, 11) is 0. The summed E-state index contributed by atoms with van der Waals surface area (Å²) in [5.41, 5.74) is 1.66. The molecule has 0 bridgehead atoms. The molecule has 1 N–H and O–H groups in total. The maximum atomic E-state index is 9.49. The Kier molecular flexibility index (Phi) is 2.78. The van der Waals surface area contributed by atoms with Crippen molar-refractivity contribution in [3.8, 4) is 5.75 Å². The van der Waals surface area contributed by atoms with Crippen molar-refractivity contribution in [2.75, 3.05) is 0 Å². The summed E-state index contributed by atoms with van der Waals surface area (Å²) < 4.78 is 0. The molecule has 0 saturated carbocycles. The first-order chi connectivity index (χ1) is 7.25. The summed E-state index contributed by atoms with van der Waals surface area (Å²) in [5, 5.41) is 12.1. The highest BCUT2D eigenvalue weighted by molar-refractivity contribution is 7.13. The van der Waals surface area contributed by atoms with E-state index in [0.29, 0.717) is 10.7 Å². The third-order valence-electron chi connectivity index (χ3n) is 1.86. The maximum absolute atomic E-state index is 9.49. The number of aromatic hydroxyl groups is 1. The van der Waals surface area contributed by atoms with Crippen LogP contribution in [-0.2, 0) is 0 Å². The van der Waals surface area contributed by atoms with Gasteiger partial charge in [-0.3, -0.25) is 0 Å². The number of aliphatic imine (C=N–C) groups is 1. The number of nitrogens with zero attached hydrogens (tertiary/aromatic N) is 2. The smallest absolute Gasteiger partial charge is 0.209 e. The summed E-state index contributed by atoms with van der Waals surface area (Å²) in [6, 6.07) is 7.07. The molecule has 2 rings (SSSR count). The van der Waals surface area contributed by atoms with Crippen molar-refractivity contribution in [2.45, 2.75) is 6.92 Å². The Labute approximate surface area is 91.8 Å². The first kappa shape index (κ1) is 9.86. The van der Waals surface area contributed by atoms with Gasteiger partial charge in [0.2, 0.25) is 5.13 Å². The van der Waals surface area contributed by atoms with Crippen molar-refractivity contribution in [1.29, 1.82) is 0 Å². The number of aryl methyl sites for hydroxylation is 1. The van der Waals surface area contributed by atoms with Gasteiger partial charge in [0.25, 0.3) is 0 Å². The van der Waals surface area contributed by atoms with Crippen LogP contribution < -0.4 is 0 Å². The van der Waals surface area contributed by atoms with Crippen LogP contribution in [0.25, 0.3) is 0 Å². The molecule has 0 radical (unpaired) electrons. The van der Waals surface area contributed by atoms with Crippen LogP contribution in [0.4, 0.5) is 5.13 Å². The zero-order valence-electron chi connectivity index (χ0n) is 8.21. The lowest BCUT2D eigenvalue weighted by atomic mass is 10.2. The van der Waals surface area contributed by atoms with Gasteiger partial charge < -0.3 is 5.11 Å². The average molecular weight is 218 g/mol. The van der Waals surface area contributed by atoms with E-state index >= 15 is 0 Å². The minimum Gasteiger partial charge on any atom is -0.507 e. The molecule has 2 aromatic rings. The van der Waals surface area contributed by atoms with Crippen molar-refractivity contribution in [3.63, 3.8) is 0 Å². The summed E-state index contributed by atoms with van der Waals surface area (Å²) in [4.78, 5) is 8.37. The lowest BCUT2D eigenvalue weighted by Crippen LogP contribution is -1.80. The van der Waals surface area contributed by atoms with E-state index in [4.69, 9.17) is 0 Å². The van der Waals surface area contributed by atoms with E-state index in [0.717, 1.165) is 5.69 Å². The van der Waals surface area contributed by atoms with E-state index in [-0.39, 0.29) is 5.75 Å². The van der Waals surface area contributed by atoms with E-state index < -0.39 is 0 Å². The highest BCUT2D eigenvalue weighted by Gasteiger charge is 1.97. The monoisotopic (exact) mass is 218 g/mol. The summed E-state index contributed by atoms with van der Waals surface area (Å²) in [5.74, 6) is 0.231. The Hall–Kier alpha value is -1.68. The minimum absolute atomic E-state index is 0.231. The number of para-hydroxylation sites is 1. The van der Waals surface area contributed by atoms with Gasteiger partial charge in [-0.05, 0) is 19.1 Å². The van der Waals surface area contributed by atoms with Crippen LogP contribution in [0.2, 0.25) is 0 Å². The summed E-state index contributed by atoms with van der Waals surface area (Å²) >= 11 is 1.48. The van der Waals surface area contributed by atoms with Crippen LogP contribution in [0.3, 0.4) is 0 Å². The van der Waals surface area contributed by atoms with E-state index in [9.17, 15) is 5.11 Å². The largest absolute Gasteiger partial charge is 0.507 e. The first-order valence-corrected chi connectivity index (χ1v) is 5.38. The van der Waals surface area contributed by atoms with E-state index in [1.54, 1.807) is 24.4 Å². The second-order valence-electron chi connectivity index (χ2n) is 3.09. The van der Waals surface area contributed by atoms with Crippen molar-refractivity contribution < 1.29 is 5.11 Å². The van der Waals surface area contributed by atoms with Crippen LogP contribution in [-0.4, -0.2) is 16.3 Å². The first-order valence-electron chi connectivity index (χ1n) is 4.50. The average Bonchev–Trinajstić information content (AvgIpc) is 2.63. The fourth-order valence-electron chi connectivity index (χ4n) is 1.12. The zero-order chi connectivity index (χ0) is 10.7. The molecule has 15 heavy (non-hydrogen) atoms. The molecule has 0 saturated heterocycles. The minimum atomic E-state index is 0.231. The van der Waals surface area contributed by atoms with Crippen LogP contribution >= 0.6 is 11.3 Å². The number of hydrogen-bond acceptors (Lipinski definition) is 4. The summed E-state index contributed by atoms with van der Waals surface area (Å²) in [6.07, 6.45) is 1.62. The molecule has 1 aromatic carbocycles. The molecule has 0 unspecified atom stereocenters. The molecule has 0 spiro atoms. The summed E-state index contributed by atoms with van der Waals surface area (Å²) in [6.45, 7) is 1.93. The number of phenols is 1. The second kappa shape index (κ2) is 4.23. The maximum Gasteiger partial charge on any atom is 0.209 e. The van der Waals surface area contributed by atoms with Crippen LogP contribution in [0.1, 0.15) is 11.3 Å². The van der Waals surface area contributed by atoms with Gasteiger partial charge in [-0.1, -0.05) is 12.1 Å². The Morgan fingerprint density at radius 1 is 1.40 bits per heavy atom. The number of rotatable bonds is 2. The molecular formula is C11H10N2OS. The van der Waals surface area contributed by atoms with Gasteiger partial charge in [-0.25, -0.2) is 9.98 Å². The molecule has 0 amide bonds. The van der Waals surface area contributed by atoms with Crippen molar-refractivity contribution in [1.82, 2.24) is 4.98 Å². The normalized spacial score (nSPS) is 11.0. The molecule has 0 atom stereocenters. The fourth-order valence-corrected chi connectivity index (χ4v) is 1.76. The molecule has 1 aromatic heterocycles. The van der Waals surface area contributed by atoms with Crippen LogP contribution in [0.5, 0.6) is 5.75 Å². The molecule has 3 nitrogen and oxygen atoms in total. The number of aromatic nitrogens is 1. The van der Waals surface area contributed by atoms with Gasteiger partial charge in [-0.2, -0.15) is 0 Å². The van der Waals surface area contributed by atoms with Crippen molar-refractivity contribution in [2.24, 2.45) is 4.99 Å². The number of hydrogen-bond donors (Lipinski definition) is 1. The van der Waals surface area contributed by atoms with Gasteiger partial charge >= 0.3 is 0 Å². The second-order valence-corrected chi connectivity index (χ2v) is 3.93. The van der Waals surface area contributed by atoms with Crippen molar-refractivity contribution >= 4 is 22.7 Å². The highest BCUT2D eigenvalue weighted by atomic mass is 32.1. The lowest BCUT2D eigenvalue weighted by molar-refractivity contribution is 0.474. The van der Waals surface area contributed by atoms with Gasteiger partial charge in [0, 0.05) is 17.2 Å². The quantitative estimate of drug-likeness (QED) is 0.788. The third-order valence-corrected chi connectivity index (χ3v) is 2.72. The molecule has 1 heterocycles. The standard InChI is InChI=1S/C11H10N2OS/c1-8-7-15-11(13-8)12-6-9-4-2-3-5-10(9)14/h2-7,14H,1H3. The molecule has 0 fully saturated rings. The van der Waals surface area contributed by atoms with Gasteiger partial charge in [0.1, 0.15) is 5.75 Å². The topological polar surface area (TPSA) is 45.5 Å². The molecule has 0 aliphatic rings. The van der Waals surface area contributed by atoms with Crippen LogP contribution in [0, 0.1) is 6.92 Å². The molecule has 0 aliphatic heterocycles. The van der Waals surface area contributed by atoms with E-state index in [2.05, 4.69) is 9.98 Å². The van der Waals surface area contributed by atoms with Gasteiger partial charge in [-0.15, -0.1) is 11.3 Å². The van der Waals surface area contributed by atoms with Gasteiger partial charge in [0.05, 0.1) is 5.69 Å². The molecule has 0 aliphatic carbocycles. The third kappa shape index (κ3) is 2.41. The number of phenolic OH excluding ortho intramolecular Hbond substituents is 1. The van der Waals surface area contributed by atoms with Gasteiger partial charge in [0.15, 0.2) is 0 Å². The molecular weight excluding hydrogens is 208 g/mol. The Bertz CT molecular complexity index is 491. The van der Waals surface area contributed by atoms with E-state index in [1.807, 2.05) is 18.4 Å².